The van der Waals surface area contributed by atoms with Gasteiger partial charge in [-0.1, -0.05) is 6.07 Å². The van der Waals surface area contributed by atoms with Gasteiger partial charge in [-0.2, -0.15) is 5.26 Å². The Morgan fingerprint density at radius 3 is 2.52 bits per heavy atom. The van der Waals surface area contributed by atoms with Crippen LogP contribution >= 0.6 is 0 Å². The number of hydrogen-bond donors (Lipinski definition) is 2. The molecule has 0 aliphatic rings. The van der Waals surface area contributed by atoms with Crippen LogP contribution in [0.3, 0.4) is 0 Å². The van der Waals surface area contributed by atoms with E-state index in [1.807, 2.05) is 19.1 Å². The van der Waals surface area contributed by atoms with Gasteiger partial charge in [0.2, 0.25) is 0 Å². The normalized spacial score (nSPS) is 11.1. The van der Waals surface area contributed by atoms with E-state index in [9.17, 15) is 9.59 Å². The highest BCUT2D eigenvalue weighted by Gasteiger charge is 2.23. The molecule has 27 heavy (non-hydrogen) atoms. The SMILES string of the molecule is CCOC(=O)C(Nc1ccc(C#N)cc1)c1cc(C)cc(OCC(N)=O)c1. The molecule has 2 rings (SSSR count). The third-order valence-electron chi connectivity index (χ3n) is 3.63. The highest BCUT2D eigenvalue weighted by molar-refractivity contribution is 5.81. The van der Waals surface area contributed by atoms with Crippen LogP contribution in [0.5, 0.6) is 5.75 Å². The largest absolute Gasteiger partial charge is 0.484 e. The van der Waals surface area contributed by atoms with E-state index in [0.717, 1.165) is 5.56 Å². The van der Waals surface area contributed by atoms with Crippen molar-refractivity contribution in [3.8, 4) is 11.8 Å². The van der Waals surface area contributed by atoms with Crippen LogP contribution in [-0.4, -0.2) is 25.1 Å². The first-order valence-electron chi connectivity index (χ1n) is 8.39. The van der Waals surface area contributed by atoms with Gasteiger partial charge in [-0.15, -0.1) is 0 Å². The minimum atomic E-state index is -0.784. The Kier molecular flexibility index (Phi) is 6.78. The summed E-state index contributed by atoms with van der Waals surface area (Å²) in [5.74, 6) is -0.608. The van der Waals surface area contributed by atoms with Crippen LogP contribution in [0.15, 0.2) is 42.5 Å². The summed E-state index contributed by atoms with van der Waals surface area (Å²) in [7, 11) is 0. The minimum absolute atomic E-state index is 0.237. The summed E-state index contributed by atoms with van der Waals surface area (Å²) >= 11 is 0. The fourth-order valence-electron chi connectivity index (χ4n) is 2.49. The van der Waals surface area contributed by atoms with Crippen LogP contribution in [0.25, 0.3) is 0 Å². The van der Waals surface area contributed by atoms with E-state index in [0.29, 0.717) is 22.6 Å². The zero-order valence-corrected chi connectivity index (χ0v) is 15.2. The van der Waals surface area contributed by atoms with Crippen molar-refractivity contribution < 1.29 is 19.1 Å². The predicted octanol–water partition coefficient (Wildman–Crippen LogP) is 2.45. The molecule has 1 atom stereocenters. The van der Waals surface area contributed by atoms with Crippen LogP contribution in [0.2, 0.25) is 0 Å². The zero-order chi connectivity index (χ0) is 19.8. The van der Waals surface area contributed by atoms with Crippen molar-refractivity contribution in [2.24, 2.45) is 5.73 Å². The Bertz CT molecular complexity index is 857. The molecule has 0 spiro atoms. The molecule has 0 aromatic heterocycles. The Morgan fingerprint density at radius 1 is 1.22 bits per heavy atom. The Morgan fingerprint density at radius 2 is 1.93 bits per heavy atom. The van der Waals surface area contributed by atoms with Crippen LogP contribution in [-0.2, 0) is 14.3 Å². The average Bonchev–Trinajstić information content (AvgIpc) is 2.64. The lowest BCUT2D eigenvalue weighted by Crippen LogP contribution is -2.24. The zero-order valence-electron chi connectivity index (χ0n) is 15.2. The van der Waals surface area contributed by atoms with Crippen molar-refractivity contribution in [3.63, 3.8) is 0 Å². The first kappa shape index (κ1) is 19.8. The second-order valence-electron chi connectivity index (χ2n) is 5.85. The van der Waals surface area contributed by atoms with Gasteiger partial charge < -0.3 is 20.5 Å². The lowest BCUT2D eigenvalue weighted by Gasteiger charge is -2.20. The maximum Gasteiger partial charge on any atom is 0.333 e. The number of nitriles is 1. The minimum Gasteiger partial charge on any atom is -0.484 e. The summed E-state index contributed by atoms with van der Waals surface area (Å²) in [6.07, 6.45) is 0. The molecule has 0 fully saturated rings. The summed E-state index contributed by atoms with van der Waals surface area (Å²) < 4.78 is 10.6. The molecule has 3 N–H and O–H groups in total. The fraction of sp³-hybridized carbons (Fsp3) is 0.250. The number of nitrogens with zero attached hydrogens (tertiary/aromatic N) is 1. The number of hydrogen-bond acceptors (Lipinski definition) is 6. The van der Waals surface area contributed by atoms with E-state index in [-0.39, 0.29) is 13.2 Å². The molecular weight excluding hydrogens is 346 g/mol. The molecule has 0 heterocycles. The molecular formula is C20H21N3O4. The molecule has 1 unspecified atom stereocenters. The molecule has 0 aliphatic heterocycles. The lowest BCUT2D eigenvalue weighted by atomic mass is 10.0. The molecule has 0 saturated heterocycles. The quantitative estimate of drug-likeness (QED) is 0.693. The topological polar surface area (TPSA) is 114 Å². The number of benzene rings is 2. The Labute approximate surface area is 157 Å². The first-order chi connectivity index (χ1) is 12.9. The van der Waals surface area contributed by atoms with Gasteiger partial charge in [0, 0.05) is 5.69 Å². The number of carbonyl (C=O) groups excluding carboxylic acids is 2. The van der Waals surface area contributed by atoms with Gasteiger partial charge in [-0.25, -0.2) is 4.79 Å². The van der Waals surface area contributed by atoms with Gasteiger partial charge in [0.1, 0.15) is 5.75 Å². The molecule has 2 aromatic rings. The number of primary amides is 1. The maximum absolute atomic E-state index is 12.5. The Balaban J connectivity index is 2.33. The van der Waals surface area contributed by atoms with E-state index in [1.165, 1.54) is 0 Å². The smallest absolute Gasteiger partial charge is 0.333 e. The summed E-state index contributed by atoms with van der Waals surface area (Å²) in [6, 6.07) is 13.2. The third kappa shape index (κ3) is 5.75. The summed E-state index contributed by atoms with van der Waals surface area (Å²) in [6.45, 7) is 3.57. The second kappa shape index (κ2) is 9.25. The van der Waals surface area contributed by atoms with Crippen molar-refractivity contribution in [3.05, 3.63) is 59.2 Å². The van der Waals surface area contributed by atoms with Crippen molar-refractivity contribution in [1.82, 2.24) is 0 Å². The molecule has 140 valence electrons. The lowest BCUT2D eigenvalue weighted by molar-refractivity contribution is -0.144. The van der Waals surface area contributed by atoms with Gasteiger partial charge in [0.25, 0.3) is 5.91 Å². The van der Waals surface area contributed by atoms with E-state index in [2.05, 4.69) is 5.32 Å². The first-order valence-corrected chi connectivity index (χ1v) is 8.39. The maximum atomic E-state index is 12.5. The van der Waals surface area contributed by atoms with Gasteiger partial charge in [0.05, 0.1) is 18.2 Å². The van der Waals surface area contributed by atoms with Crippen molar-refractivity contribution in [2.45, 2.75) is 19.9 Å². The van der Waals surface area contributed by atoms with Crippen molar-refractivity contribution in [2.75, 3.05) is 18.5 Å². The number of esters is 1. The number of aryl methyl sites for hydroxylation is 1. The standard InChI is InChI=1S/C20H21N3O4/c1-3-26-20(25)19(23-16-6-4-14(11-21)5-7-16)15-8-13(2)9-17(10-15)27-12-18(22)24/h4-10,19,23H,3,12H2,1-2H3,(H2,22,24). The average molecular weight is 367 g/mol. The molecule has 7 heteroatoms. The van der Waals surface area contributed by atoms with Crippen LogP contribution in [0, 0.1) is 18.3 Å². The number of amides is 1. The number of carbonyl (C=O) groups is 2. The molecule has 2 aromatic carbocycles. The third-order valence-corrected chi connectivity index (χ3v) is 3.63. The summed E-state index contributed by atoms with van der Waals surface area (Å²) in [5.41, 5.74) is 7.77. The number of nitrogens with two attached hydrogens (primary N) is 1. The van der Waals surface area contributed by atoms with E-state index >= 15 is 0 Å². The fourth-order valence-corrected chi connectivity index (χ4v) is 2.49. The molecule has 0 aliphatic carbocycles. The van der Waals surface area contributed by atoms with Crippen LogP contribution in [0.1, 0.15) is 29.7 Å². The predicted molar refractivity (Wildman–Crippen MR) is 100 cm³/mol. The van der Waals surface area contributed by atoms with Gasteiger partial charge in [0.15, 0.2) is 12.6 Å². The number of ether oxygens (including phenoxy) is 2. The summed E-state index contributed by atoms with van der Waals surface area (Å²) in [4.78, 5) is 23.5. The van der Waals surface area contributed by atoms with E-state index in [4.69, 9.17) is 20.5 Å². The van der Waals surface area contributed by atoms with Crippen LogP contribution in [0.4, 0.5) is 5.69 Å². The van der Waals surface area contributed by atoms with Crippen molar-refractivity contribution >= 4 is 17.6 Å². The monoisotopic (exact) mass is 367 g/mol. The number of anilines is 1. The molecule has 7 nitrogen and oxygen atoms in total. The number of rotatable bonds is 8. The van der Waals surface area contributed by atoms with Gasteiger partial charge in [-0.05, 0) is 61.4 Å². The van der Waals surface area contributed by atoms with Gasteiger partial charge in [-0.3, -0.25) is 4.79 Å². The molecule has 0 bridgehead atoms. The number of nitrogens with one attached hydrogen (secondary N) is 1. The second-order valence-corrected chi connectivity index (χ2v) is 5.85. The van der Waals surface area contributed by atoms with E-state index in [1.54, 1.807) is 43.3 Å². The highest BCUT2D eigenvalue weighted by Crippen LogP contribution is 2.26. The summed E-state index contributed by atoms with van der Waals surface area (Å²) in [5, 5.41) is 12.0. The van der Waals surface area contributed by atoms with Gasteiger partial charge >= 0.3 is 5.97 Å². The van der Waals surface area contributed by atoms with E-state index < -0.39 is 17.9 Å². The van der Waals surface area contributed by atoms with Crippen LogP contribution < -0.4 is 15.8 Å². The molecule has 0 saturated carbocycles. The molecule has 0 radical (unpaired) electrons. The highest BCUT2D eigenvalue weighted by atomic mass is 16.5. The molecule has 1 amide bonds. The Hall–Kier alpha value is -3.53. The van der Waals surface area contributed by atoms with Crippen molar-refractivity contribution in [1.29, 1.82) is 5.26 Å².